The minimum atomic E-state index is -0.902. The molecule has 0 fully saturated rings. The third-order valence-corrected chi connectivity index (χ3v) is 3.99. The van der Waals surface area contributed by atoms with Gasteiger partial charge in [-0.2, -0.15) is 0 Å². The van der Waals surface area contributed by atoms with Crippen LogP contribution in [-0.2, 0) is 14.3 Å². The van der Waals surface area contributed by atoms with Gasteiger partial charge in [-0.1, -0.05) is 30.3 Å². The first-order valence-electron chi connectivity index (χ1n) is 8.90. The summed E-state index contributed by atoms with van der Waals surface area (Å²) in [5, 5.41) is 2.50. The van der Waals surface area contributed by atoms with E-state index in [-0.39, 0.29) is 0 Å². The molecule has 0 saturated carbocycles. The van der Waals surface area contributed by atoms with Crippen molar-refractivity contribution in [1.29, 1.82) is 0 Å². The van der Waals surface area contributed by atoms with Crippen LogP contribution in [-0.4, -0.2) is 44.5 Å². The Morgan fingerprint density at radius 3 is 2.34 bits per heavy atom. The molecular weight excluding hydrogens is 374 g/mol. The average Bonchev–Trinajstić information content (AvgIpc) is 2.75. The van der Waals surface area contributed by atoms with Gasteiger partial charge in [-0.3, -0.25) is 9.59 Å². The highest BCUT2D eigenvalue weighted by atomic mass is 16.5. The summed E-state index contributed by atoms with van der Waals surface area (Å²) in [6, 6.07) is 13.0. The maximum atomic E-state index is 12.2. The first kappa shape index (κ1) is 21.7. The molecule has 0 aliphatic heterocycles. The van der Waals surface area contributed by atoms with Crippen molar-refractivity contribution in [3.63, 3.8) is 0 Å². The molecule has 0 aromatic heterocycles. The van der Waals surface area contributed by atoms with E-state index in [9.17, 15) is 14.4 Å². The van der Waals surface area contributed by atoms with Crippen LogP contribution < -0.4 is 14.8 Å². The molecule has 1 atom stereocenters. The number of Topliss-reactive ketones (excluding diaryl/α,β-unsaturated/α-hetero) is 1. The van der Waals surface area contributed by atoms with Crippen LogP contribution in [0.3, 0.4) is 0 Å². The van der Waals surface area contributed by atoms with Gasteiger partial charge in [-0.05, 0) is 36.8 Å². The summed E-state index contributed by atoms with van der Waals surface area (Å²) >= 11 is 0. The number of nitrogens with one attached hydrogen (secondary N) is 1. The minimum Gasteiger partial charge on any atom is -0.493 e. The fraction of sp³-hybridized carbons (Fsp3) is 0.227. The molecule has 29 heavy (non-hydrogen) atoms. The predicted molar refractivity (Wildman–Crippen MR) is 108 cm³/mol. The van der Waals surface area contributed by atoms with Gasteiger partial charge >= 0.3 is 5.97 Å². The summed E-state index contributed by atoms with van der Waals surface area (Å²) < 4.78 is 15.3. The maximum absolute atomic E-state index is 12.2. The molecule has 0 aliphatic rings. The van der Waals surface area contributed by atoms with Crippen molar-refractivity contribution in [3.8, 4) is 11.5 Å². The van der Waals surface area contributed by atoms with Crippen LogP contribution in [0.1, 0.15) is 22.8 Å². The lowest BCUT2D eigenvalue weighted by atomic mass is 10.1. The molecule has 1 N–H and O–H groups in total. The number of ether oxygens (including phenoxy) is 3. The van der Waals surface area contributed by atoms with Crippen LogP contribution in [0.15, 0.2) is 54.6 Å². The Labute approximate surface area is 169 Å². The summed E-state index contributed by atoms with van der Waals surface area (Å²) in [6.45, 7) is 1.03. The Kier molecular flexibility index (Phi) is 7.97. The van der Waals surface area contributed by atoms with Crippen molar-refractivity contribution >= 4 is 23.7 Å². The molecule has 0 spiro atoms. The van der Waals surface area contributed by atoms with Crippen LogP contribution in [0.25, 0.3) is 6.08 Å². The van der Waals surface area contributed by atoms with Gasteiger partial charge in [0.15, 0.2) is 23.9 Å². The Balaban J connectivity index is 1.85. The molecule has 2 aromatic rings. The van der Waals surface area contributed by atoms with E-state index in [4.69, 9.17) is 14.2 Å². The van der Waals surface area contributed by atoms with Gasteiger partial charge in [0.05, 0.1) is 14.2 Å². The highest BCUT2D eigenvalue weighted by Gasteiger charge is 2.18. The van der Waals surface area contributed by atoms with E-state index in [0.29, 0.717) is 17.1 Å². The lowest BCUT2D eigenvalue weighted by Gasteiger charge is -2.12. The monoisotopic (exact) mass is 397 g/mol. The standard InChI is InChI=1S/C22H23NO6/c1-15(23-21(25)12-9-16-7-5-4-6-8-16)22(26)29-14-18(24)17-10-11-19(27-2)20(13-17)28-3/h4-13,15H,14H2,1-3H3,(H,23,25)/b12-9+/t15-/m0/s1. The SMILES string of the molecule is COc1ccc(C(=O)COC(=O)[C@H](C)NC(=O)/C=C/c2ccccc2)cc1OC. The van der Waals surface area contributed by atoms with Crippen molar-refractivity contribution in [2.45, 2.75) is 13.0 Å². The number of ketones is 1. The zero-order valence-corrected chi connectivity index (χ0v) is 16.5. The molecule has 0 heterocycles. The second kappa shape index (κ2) is 10.7. The number of rotatable bonds is 9. The van der Waals surface area contributed by atoms with E-state index in [0.717, 1.165) is 5.56 Å². The van der Waals surface area contributed by atoms with E-state index < -0.39 is 30.3 Å². The van der Waals surface area contributed by atoms with Crippen molar-refractivity contribution in [1.82, 2.24) is 5.32 Å². The first-order chi connectivity index (χ1) is 13.9. The summed E-state index contributed by atoms with van der Waals surface area (Å²) in [5.41, 5.74) is 1.18. The molecule has 0 saturated heterocycles. The first-order valence-corrected chi connectivity index (χ1v) is 8.90. The molecule has 2 rings (SSSR count). The highest BCUT2D eigenvalue weighted by Crippen LogP contribution is 2.27. The van der Waals surface area contributed by atoms with E-state index >= 15 is 0 Å². The third-order valence-electron chi connectivity index (χ3n) is 3.99. The molecule has 7 heteroatoms. The molecule has 0 aliphatic carbocycles. The summed E-state index contributed by atoms with van der Waals surface area (Å²) in [6.07, 6.45) is 2.96. The van der Waals surface area contributed by atoms with Gasteiger partial charge in [0.2, 0.25) is 5.91 Å². The number of hydrogen-bond acceptors (Lipinski definition) is 6. The smallest absolute Gasteiger partial charge is 0.328 e. The lowest BCUT2D eigenvalue weighted by molar-refractivity contribution is -0.145. The molecular formula is C22H23NO6. The zero-order chi connectivity index (χ0) is 21.2. The van der Waals surface area contributed by atoms with Gasteiger partial charge in [-0.15, -0.1) is 0 Å². The van der Waals surface area contributed by atoms with Crippen LogP contribution in [0.5, 0.6) is 11.5 Å². The Morgan fingerprint density at radius 1 is 1.00 bits per heavy atom. The number of methoxy groups -OCH3 is 2. The number of esters is 1. The van der Waals surface area contributed by atoms with E-state index in [1.807, 2.05) is 30.3 Å². The fourth-order valence-electron chi connectivity index (χ4n) is 2.41. The summed E-state index contributed by atoms with van der Waals surface area (Å²) in [4.78, 5) is 36.2. The van der Waals surface area contributed by atoms with Crippen LogP contribution >= 0.6 is 0 Å². The van der Waals surface area contributed by atoms with E-state index in [1.54, 1.807) is 18.2 Å². The normalized spacial score (nSPS) is 11.6. The summed E-state index contributed by atoms with van der Waals surface area (Å²) in [5.74, 6) is -0.664. The molecule has 1 amide bonds. The quantitative estimate of drug-likeness (QED) is 0.397. The largest absolute Gasteiger partial charge is 0.493 e. The van der Waals surface area contributed by atoms with Gasteiger partial charge in [-0.25, -0.2) is 4.79 Å². The van der Waals surface area contributed by atoms with Crippen molar-refractivity contribution < 1.29 is 28.6 Å². The van der Waals surface area contributed by atoms with Crippen molar-refractivity contribution in [2.75, 3.05) is 20.8 Å². The van der Waals surface area contributed by atoms with E-state index in [2.05, 4.69) is 5.32 Å². The van der Waals surface area contributed by atoms with Crippen molar-refractivity contribution in [3.05, 3.63) is 65.7 Å². The van der Waals surface area contributed by atoms with Crippen LogP contribution in [0.4, 0.5) is 0 Å². The molecule has 0 unspecified atom stereocenters. The second-order valence-electron chi connectivity index (χ2n) is 6.07. The number of hydrogen-bond donors (Lipinski definition) is 1. The lowest BCUT2D eigenvalue weighted by Crippen LogP contribution is -2.39. The van der Waals surface area contributed by atoms with Crippen LogP contribution in [0, 0.1) is 0 Å². The van der Waals surface area contributed by atoms with Gasteiger partial charge in [0.25, 0.3) is 0 Å². The van der Waals surface area contributed by atoms with Gasteiger partial charge in [0.1, 0.15) is 6.04 Å². The second-order valence-corrected chi connectivity index (χ2v) is 6.07. The summed E-state index contributed by atoms with van der Waals surface area (Å²) in [7, 11) is 2.95. The zero-order valence-electron chi connectivity index (χ0n) is 16.5. The van der Waals surface area contributed by atoms with Crippen LogP contribution in [0.2, 0.25) is 0 Å². The molecule has 0 radical (unpaired) electrons. The Hall–Kier alpha value is -3.61. The van der Waals surface area contributed by atoms with Crippen molar-refractivity contribution in [2.24, 2.45) is 0 Å². The fourth-order valence-corrected chi connectivity index (χ4v) is 2.41. The highest BCUT2D eigenvalue weighted by molar-refractivity contribution is 5.99. The average molecular weight is 397 g/mol. The molecule has 0 bridgehead atoms. The topological polar surface area (TPSA) is 90.9 Å². The number of carbonyl (C=O) groups is 3. The molecule has 7 nitrogen and oxygen atoms in total. The maximum Gasteiger partial charge on any atom is 0.328 e. The number of amides is 1. The third kappa shape index (κ3) is 6.49. The van der Waals surface area contributed by atoms with Gasteiger partial charge < -0.3 is 19.5 Å². The molecule has 152 valence electrons. The van der Waals surface area contributed by atoms with Gasteiger partial charge in [0, 0.05) is 11.6 Å². The minimum absolute atomic E-state index is 0.318. The number of benzene rings is 2. The molecule has 2 aromatic carbocycles. The Morgan fingerprint density at radius 2 is 1.69 bits per heavy atom. The predicted octanol–water partition coefficient (Wildman–Crippen LogP) is 2.65. The Bertz CT molecular complexity index is 891. The van der Waals surface area contributed by atoms with E-state index in [1.165, 1.54) is 33.3 Å². The number of carbonyl (C=O) groups excluding carboxylic acids is 3.